The Balaban J connectivity index is 1.44. The minimum Gasteiger partial charge on any atom is -0.358 e. The summed E-state index contributed by atoms with van der Waals surface area (Å²) in [5.74, 6) is 1.05. The Bertz CT molecular complexity index is 1620. The number of nitrogens with one attached hydrogen (secondary N) is 2. The molecule has 0 unspecified atom stereocenters. The van der Waals surface area contributed by atoms with Crippen LogP contribution >= 0.6 is 27.5 Å². The first-order valence-electron chi connectivity index (χ1n) is 12.3. The van der Waals surface area contributed by atoms with E-state index < -0.39 is 4.92 Å². The number of imidazole rings is 1. The number of carbonyl (C=O) groups is 1. The summed E-state index contributed by atoms with van der Waals surface area (Å²) in [7, 11) is 5.65. The van der Waals surface area contributed by atoms with Gasteiger partial charge in [-0.1, -0.05) is 18.5 Å². The van der Waals surface area contributed by atoms with E-state index in [9.17, 15) is 14.9 Å². The van der Waals surface area contributed by atoms with E-state index in [0.29, 0.717) is 63.1 Å². The number of anilines is 3. The zero-order valence-corrected chi connectivity index (χ0v) is 24.7. The van der Waals surface area contributed by atoms with Gasteiger partial charge in [-0.05, 0) is 56.2 Å². The van der Waals surface area contributed by atoms with Gasteiger partial charge in [0.2, 0.25) is 11.7 Å². The third-order valence-electron chi connectivity index (χ3n) is 6.18. The van der Waals surface area contributed by atoms with Crippen molar-refractivity contribution in [3.8, 4) is 0 Å². The number of fused-ring (bicyclic) bond motifs is 1. The molecular weight excluding hydrogens is 602 g/mol. The highest BCUT2D eigenvalue weighted by Crippen LogP contribution is 2.29. The van der Waals surface area contributed by atoms with Gasteiger partial charge in [-0.25, -0.2) is 15.0 Å². The SMILES string of the molecule is CCc1nc([N+](=O)[O-])c(C[N+](C)(C)C/C=C/C(=O)Nc2cc3c(Nc4ccc(Cl)c(Br)c4)ncnc3cn2)n1C. The van der Waals surface area contributed by atoms with Gasteiger partial charge in [-0.2, -0.15) is 0 Å². The molecule has 0 spiro atoms. The highest BCUT2D eigenvalue weighted by Gasteiger charge is 2.30. The molecule has 3 aromatic heterocycles. The van der Waals surface area contributed by atoms with Crippen LogP contribution in [0.3, 0.4) is 0 Å². The summed E-state index contributed by atoms with van der Waals surface area (Å²) < 4.78 is 2.90. The molecule has 0 aliphatic rings. The number of nitro groups is 1. The summed E-state index contributed by atoms with van der Waals surface area (Å²) >= 11 is 9.50. The largest absolute Gasteiger partial charge is 0.391 e. The van der Waals surface area contributed by atoms with Gasteiger partial charge in [0.25, 0.3) is 0 Å². The number of likely N-dealkylation sites (N-methyl/N-ethyl adjacent to an activating group) is 1. The maximum atomic E-state index is 12.7. The Morgan fingerprint density at radius 1 is 1.25 bits per heavy atom. The number of nitrogens with zero attached hydrogens (tertiary/aromatic N) is 7. The number of quaternary nitrogens is 1. The van der Waals surface area contributed by atoms with Crippen molar-refractivity contribution >= 4 is 67.5 Å². The average molecular weight is 630 g/mol. The molecule has 4 rings (SSSR count). The Morgan fingerprint density at radius 3 is 2.73 bits per heavy atom. The van der Waals surface area contributed by atoms with E-state index in [1.165, 1.54) is 12.4 Å². The molecule has 1 amide bonds. The third-order valence-corrected chi connectivity index (χ3v) is 7.39. The summed E-state index contributed by atoms with van der Waals surface area (Å²) in [5, 5.41) is 18.8. The second kappa shape index (κ2) is 12.1. The van der Waals surface area contributed by atoms with Gasteiger partial charge in [0.1, 0.15) is 24.5 Å². The lowest BCUT2D eigenvalue weighted by Crippen LogP contribution is -2.39. The van der Waals surface area contributed by atoms with E-state index in [1.807, 2.05) is 33.2 Å². The highest BCUT2D eigenvalue weighted by molar-refractivity contribution is 9.10. The number of amides is 1. The molecule has 0 aliphatic carbocycles. The molecule has 2 N–H and O–H groups in total. The van der Waals surface area contributed by atoms with E-state index in [2.05, 4.69) is 46.5 Å². The van der Waals surface area contributed by atoms with Crippen molar-refractivity contribution in [3.63, 3.8) is 0 Å². The Hall–Kier alpha value is -3.94. The van der Waals surface area contributed by atoms with Crippen molar-refractivity contribution in [3.05, 3.63) is 80.1 Å². The summed E-state index contributed by atoms with van der Waals surface area (Å²) in [5.41, 5.74) is 1.92. The van der Waals surface area contributed by atoms with Crippen molar-refractivity contribution < 1.29 is 14.2 Å². The zero-order valence-electron chi connectivity index (χ0n) is 22.4. The Labute approximate surface area is 244 Å². The maximum Gasteiger partial charge on any atom is 0.391 e. The van der Waals surface area contributed by atoms with Crippen LogP contribution in [-0.2, 0) is 24.8 Å². The molecule has 3 heterocycles. The molecule has 4 aromatic rings. The van der Waals surface area contributed by atoms with Crippen molar-refractivity contribution in [1.29, 1.82) is 0 Å². The lowest BCUT2D eigenvalue weighted by molar-refractivity contribution is -0.898. The Kier molecular flexibility index (Phi) is 8.76. The summed E-state index contributed by atoms with van der Waals surface area (Å²) in [4.78, 5) is 40.8. The van der Waals surface area contributed by atoms with Gasteiger partial charge in [0.15, 0.2) is 5.69 Å². The molecule has 0 atom stereocenters. The molecule has 40 heavy (non-hydrogen) atoms. The molecule has 14 heteroatoms. The van der Waals surface area contributed by atoms with Crippen molar-refractivity contribution in [2.75, 3.05) is 31.3 Å². The van der Waals surface area contributed by atoms with Crippen LogP contribution in [0.2, 0.25) is 5.02 Å². The van der Waals surface area contributed by atoms with Crippen LogP contribution in [-0.4, -0.2) is 60.5 Å². The first-order chi connectivity index (χ1) is 19.0. The molecule has 0 bridgehead atoms. The Morgan fingerprint density at radius 2 is 2.02 bits per heavy atom. The quantitative estimate of drug-likeness (QED) is 0.106. The fourth-order valence-corrected chi connectivity index (χ4v) is 4.62. The third kappa shape index (κ3) is 6.79. The molecule has 208 valence electrons. The molecule has 0 fully saturated rings. The number of hydrogen-bond donors (Lipinski definition) is 2. The van der Waals surface area contributed by atoms with E-state index >= 15 is 0 Å². The van der Waals surface area contributed by atoms with E-state index in [4.69, 9.17) is 11.6 Å². The van der Waals surface area contributed by atoms with Crippen molar-refractivity contribution in [2.45, 2.75) is 19.9 Å². The van der Waals surface area contributed by atoms with Gasteiger partial charge in [-0.15, -0.1) is 0 Å². The fourth-order valence-electron chi connectivity index (χ4n) is 4.13. The monoisotopic (exact) mass is 628 g/mol. The molecule has 0 aliphatic heterocycles. The lowest BCUT2D eigenvalue weighted by Gasteiger charge is -2.28. The number of aryl methyl sites for hydroxylation is 1. The van der Waals surface area contributed by atoms with Gasteiger partial charge in [0, 0.05) is 35.1 Å². The smallest absolute Gasteiger partial charge is 0.358 e. The predicted molar refractivity (Wildman–Crippen MR) is 157 cm³/mol. The molecular formula is C26H28BrClN9O3+. The topological polar surface area (TPSA) is 141 Å². The first kappa shape index (κ1) is 29.1. The van der Waals surface area contributed by atoms with Crippen LogP contribution in [0.4, 0.5) is 23.1 Å². The number of halogens is 2. The standard InChI is InChI=1S/C26H27BrClN9O3/c1-5-23-34-26(36(39)40)21(35(23)2)14-37(3,4)10-6-7-24(38)33-22-12-17-20(13-29-22)30-15-31-25(17)32-16-8-9-19(28)18(27)11-16/h6-9,11-13,15H,5,10,14H2,1-4H3,(H-,29,30,31,32,33,38)/p+1/b7-6+. The minimum atomic E-state index is -0.450. The second-order valence-electron chi connectivity index (χ2n) is 9.70. The molecule has 0 saturated heterocycles. The molecule has 1 aromatic carbocycles. The maximum absolute atomic E-state index is 12.7. The van der Waals surface area contributed by atoms with Crippen molar-refractivity contribution in [2.24, 2.45) is 7.05 Å². The number of rotatable bonds is 10. The predicted octanol–water partition coefficient (Wildman–Crippen LogP) is 5.16. The highest BCUT2D eigenvalue weighted by atomic mass is 79.9. The molecule has 12 nitrogen and oxygen atoms in total. The summed E-state index contributed by atoms with van der Waals surface area (Å²) in [6.07, 6.45) is 6.74. The number of pyridine rings is 1. The normalized spacial score (nSPS) is 11.8. The van der Waals surface area contributed by atoms with Crippen molar-refractivity contribution in [1.82, 2.24) is 24.5 Å². The van der Waals surface area contributed by atoms with E-state index in [0.717, 1.165) is 10.2 Å². The number of carbonyl (C=O) groups excluding carboxylic acids is 1. The van der Waals surface area contributed by atoms with Gasteiger partial charge in [-0.3, -0.25) is 4.79 Å². The van der Waals surface area contributed by atoms with Crippen LogP contribution in [0.15, 0.2) is 53.4 Å². The van der Waals surface area contributed by atoms with Gasteiger partial charge in [0.05, 0.1) is 37.4 Å². The van der Waals surface area contributed by atoms with Crippen LogP contribution in [0.5, 0.6) is 0 Å². The van der Waals surface area contributed by atoms with Gasteiger partial charge >= 0.3 is 5.82 Å². The minimum absolute atomic E-state index is 0.129. The average Bonchev–Trinajstić information content (AvgIpc) is 3.21. The van der Waals surface area contributed by atoms with E-state index in [-0.39, 0.29) is 11.7 Å². The van der Waals surface area contributed by atoms with Crippen LogP contribution in [0.1, 0.15) is 18.4 Å². The van der Waals surface area contributed by atoms with Crippen LogP contribution in [0, 0.1) is 10.1 Å². The number of benzene rings is 1. The van der Waals surface area contributed by atoms with Crippen LogP contribution < -0.4 is 10.6 Å². The number of hydrogen-bond acceptors (Lipinski definition) is 8. The molecule has 0 radical (unpaired) electrons. The first-order valence-corrected chi connectivity index (χ1v) is 13.5. The number of aromatic nitrogens is 5. The fraction of sp³-hybridized carbons (Fsp3) is 0.269. The second-order valence-corrected chi connectivity index (χ2v) is 11.0. The molecule has 0 saturated carbocycles. The lowest BCUT2D eigenvalue weighted by atomic mass is 10.2. The summed E-state index contributed by atoms with van der Waals surface area (Å²) in [6.45, 7) is 2.74. The zero-order chi connectivity index (χ0) is 29.0. The van der Waals surface area contributed by atoms with Crippen LogP contribution in [0.25, 0.3) is 10.9 Å². The van der Waals surface area contributed by atoms with E-state index in [1.54, 1.807) is 36.0 Å². The summed E-state index contributed by atoms with van der Waals surface area (Å²) in [6, 6.07) is 7.11. The van der Waals surface area contributed by atoms with Gasteiger partial charge < -0.3 is 29.8 Å².